The number of fused-ring (bicyclic) bond motifs is 1. The Labute approximate surface area is 133 Å². The monoisotopic (exact) mass is 300 g/mol. The van der Waals surface area contributed by atoms with Gasteiger partial charge in [-0.15, -0.1) is 0 Å². The van der Waals surface area contributed by atoms with Gasteiger partial charge in [-0.2, -0.15) is 0 Å². The summed E-state index contributed by atoms with van der Waals surface area (Å²) in [4.78, 5) is 17.1. The number of nitrogens with one attached hydrogen (secondary N) is 1. The molecule has 0 bridgehead atoms. The molecule has 0 atom stereocenters. The summed E-state index contributed by atoms with van der Waals surface area (Å²) in [5, 5.41) is 3.66. The number of unbranched alkanes of at least 4 members (excludes halogenated alkanes) is 1. The minimum atomic E-state index is 0.213. The molecule has 1 aromatic rings. The van der Waals surface area contributed by atoms with E-state index in [1.807, 2.05) is 0 Å². The summed E-state index contributed by atoms with van der Waals surface area (Å²) in [6.07, 6.45) is 12.5. The lowest BCUT2D eigenvalue weighted by atomic mass is 9.91. The molecule has 3 rings (SSSR count). The number of rotatable bonds is 6. The molecule has 0 aromatic carbocycles. The highest BCUT2D eigenvalue weighted by atomic mass is 16.1. The smallest absolute Gasteiger partial charge is 0.181 e. The van der Waals surface area contributed by atoms with Crippen LogP contribution in [0.2, 0.25) is 0 Å². The van der Waals surface area contributed by atoms with Crippen molar-refractivity contribution in [2.75, 3.05) is 5.32 Å². The van der Waals surface area contributed by atoms with E-state index in [-0.39, 0.29) is 5.78 Å². The number of pyridine rings is 1. The minimum absolute atomic E-state index is 0.213. The first-order valence-corrected chi connectivity index (χ1v) is 9.10. The lowest BCUT2D eigenvalue weighted by molar-refractivity contribution is 0.0975. The van der Waals surface area contributed by atoms with Crippen molar-refractivity contribution in [2.45, 2.75) is 83.6 Å². The van der Waals surface area contributed by atoms with Crippen molar-refractivity contribution in [3.63, 3.8) is 0 Å². The highest BCUT2D eigenvalue weighted by Crippen LogP contribution is 2.30. The van der Waals surface area contributed by atoms with Gasteiger partial charge in [-0.05, 0) is 62.1 Å². The number of carbonyl (C=O) groups excluding carboxylic acids is 1. The molecule has 22 heavy (non-hydrogen) atoms. The number of Topliss-reactive ketones (excluding diaryl/α,β-unsaturated/α-hetero) is 1. The number of hydrogen-bond acceptors (Lipinski definition) is 3. The van der Waals surface area contributed by atoms with Gasteiger partial charge in [-0.1, -0.05) is 26.2 Å². The Hall–Kier alpha value is -1.38. The Balaban J connectivity index is 1.86. The van der Waals surface area contributed by atoms with Crippen molar-refractivity contribution in [2.24, 2.45) is 0 Å². The van der Waals surface area contributed by atoms with E-state index < -0.39 is 0 Å². The van der Waals surface area contributed by atoms with E-state index in [0.29, 0.717) is 18.2 Å². The van der Waals surface area contributed by atoms with Crippen LogP contribution in [-0.4, -0.2) is 16.8 Å². The SMILES string of the molecule is CCCCC(=O)c1cc2c(c(NC3CCCC3)n1)CCCC2. The fraction of sp³-hybridized carbons (Fsp3) is 0.684. The van der Waals surface area contributed by atoms with E-state index >= 15 is 0 Å². The highest BCUT2D eigenvalue weighted by molar-refractivity contribution is 5.95. The van der Waals surface area contributed by atoms with Crippen LogP contribution >= 0.6 is 0 Å². The van der Waals surface area contributed by atoms with E-state index in [0.717, 1.165) is 31.5 Å². The van der Waals surface area contributed by atoms with Crippen molar-refractivity contribution in [1.82, 2.24) is 4.98 Å². The van der Waals surface area contributed by atoms with Gasteiger partial charge in [0.05, 0.1) is 0 Å². The van der Waals surface area contributed by atoms with Crippen LogP contribution in [0.15, 0.2) is 6.07 Å². The van der Waals surface area contributed by atoms with Crippen molar-refractivity contribution < 1.29 is 4.79 Å². The normalized spacial score (nSPS) is 18.2. The third-order valence-corrected chi connectivity index (χ3v) is 5.08. The van der Waals surface area contributed by atoms with Gasteiger partial charge in [0.2, 0.25) is 0 Å². The molecule has 0 aliphatic heterocycles. The van der Waals surface area contributed by atoms with Crippen molar-refractivity contribution in [3.8, 4) is 0 Å². The van der Waals surface area contributed by atoms with Gasteiger partial charge in [0, 0.05) is 12.5 Å². The quantitative estimate of drug-likeness (QED) is 0.775. The maximum absolute atomic E-state index is 12.4. The summed E-state index contributed by atoms with van der Waals surface area (Å²) in [6.45, 7) is 2.13. The van der Waals surface area contributed by atoms with Crippen LogP contribution in [0.5, 0.6) is 0 Å². The first-order chi connectivity index (χ1) is 10.8. The molecule has 1 aromatic heterocycles. The first kappa shape index (κ1) is 15.5. The molecule has 2 aliphatic rings. The summed E-state index contributed by atoms with van der Waals surface area (Å²) in [5.74, 6) is 1.23. The number of carbonyl (C=O) groups is 1. The summed E-state index contributed by atoms with van der Waals surface area (Å²) in [5.41, 5.74) is 3.43. The second-order valence-corrected chi connectivity index (χ2v) is 6.85. The summed E-state index contributed by atoms with van der Waals surface area (Å²) >= 11 is 0. The zero-order chi connectivity index (χ0) is 15.4. The molecule has 0 spiro atoms. The van der Waals surface area contributed by atoms with E-state index in [1.165, 1.54) is 49.7 Å². The van der Waals surface area contributed by atoms with E-state index in [1.54, 1.807) is 0 Å². The van der Waals surface area contributed by atoms with Gasteiger partial charge in [0.1, 0.15) is 11.5 Å². The van der Waals surface area contributed by atoms with Crippen LogP contribution in [0, 0.1) is 0 Å². The largest absolute Gasteiger partial charge is 0.367 e. The molecule has 120 valence electrons. The molecule has 2 aliphatic carbocycles. The molecular weight excluding hydrogens is 272 g/mol. The molecule has 0 radical (unpaired) electrons. The number of anilines is 1. The molecular formula is C19H28N2O. The van der Waals surface area contributed by atoms with Crippen LogP contribution in [0.1, 0.15) is 86.3 Å². The Morgan fingerprint density at radius 1 is 1.23 bits per heavy atom. The zero-order valence-corrected chi connectivity index (χ0v) is 13.8. The predicted octanol–water partition coefficient (Wildman–Crippen LogP) is 4.69. The van der Waals surface area contributed by atoms with E-state index in [4.69, 9.17) is 4.98 Å². The van der Waals surface area contributed by atoms with Gasteiger partial charge in [-0.25, -0.2) is 4.98 Å². The van der Waals surface area contributed by atoms with Crippen molar-refractivity contribution in [1.29, 1.82) is 0 Å². The maximum Gasteiger partial charge on any atom is 0.181 e. The molecule has 3 heteroatoms. The average molecular weight is 300 g/mol. The van der Waals surface area contributed by atoms with Crippen LogP contribution in [0.3, 0.4) is 0 Å². The molecule has 1 heterocycles. The predicted molar refractivity (Wildman–Crippen MR) is 90.6 cm³/mol. The fourth-order valence-corrected chi connectivity index (χ4v) is 3.73. The lowest BCUT2D eigenvalue weighted by Crippen LogP contribution is -2.20. The van der Waals surface area contributed by atoms with Crippen LogP contribution in [0.25, 0.3) is 0 Å². The summed E-state index contributed by atoms with van der Waals surface area (Å²) in [7, 11) is 0. The number of aryl methyl sites for hydroxylation is 1. The van der Waals surface area contributed by atoms with Crippen LogP contribution < -0.4 is 5.32 Å². The summed E-state index contributed by atoms with van der Waals surface area (Å²) < 4.78 is 0. The topological polar surface area (TPSA) is 42.0 Å². The van der Waals surface area contributed by atoms with E-state index in [2.05, 4.69) is 18.3 Å². The van der Waals surface area contributed by atoms with Crippen LogP contribution in [-0.2, 0) is 12.8 Å². The van der Waals surface area contributed by atoms with Gasteiger partial charge in [0.25, 0.3) is 0 Å². The molecule has 1 N–H and O–H groups in total. The van der Waals surface area contributed by atoms with Crippen molar-refractivity contribution >= 4 is 11.6 Å². The van der Waals surface area contributed by atoms with Gasteiger partial charge >= 0.3 is 0 Å². The van der Waals surface area contributed by atoms with Gasteiger partial charge in [0.15, 0.2) is 5.78 Å². The molecule has 3 nitrogen and oxygen atoms in total. The minimum Gasteiger partial charge on any atom is -0.367 e. The Morgan fingerprint density at radius 2 is 2.00 bits per heavy atom. The molecule has 1 fully saturated rings. The molecule has 0 amide bonds. The second kappa shape index (κ2) is 7.26. The number of hydrogen-bond donors (Lipinski definition) is 1. The highest BCUT2D eigenvalue weighted by Gasteiger charge is 2.22. The second-order valence-electron chi connectivity index (χ2n) is 6.85. The third kappa shape index (κ3) is 3.50. The maximum atomic E-state index is 12.4. The molecule has 0 saturated heterocycles. The number of aromatic nitrogens is 1. The summed E-state index contributed by atoms with van der Waals surface area (Å²) in [6, 6.07) is 2.63. The molecule has 0 unspecified atom stereocenters. The van der Waals surface area contributed by atoms with Gasteiger partial charge < -0.3 is 5.32 Å². The number of nitrogens with zero attached hydrogens (tertiary/aromatic N) is 1. The lowest BCUT2D eigenvalue weighted by Gasteiger charge is -2.23. The van der Waals surface area contributed by atoms with Crippen molar-refractivity contribution in [3.05, 3.63) is 22.9 Å². The standard InChI is InChI=1S/C19H28N2O/c1-2-3-12-18(22)17-13-14-8-4-7-11-16(14)19(21-17)20-15-9-5-6-10-15/h13,15H,2-12H2,1H3,(H,20,21). The van der Waals surface area contributed by atoms with Gasteiger partial charge in [-0.3, -0.25) is 4.79 Å². The van der Waals surface area contributed by atoms with E-state index in [9.17, 15) is 4.79 Å². The Morgan fingerprint density at radius 3 is 2.77 bits per heavy atom. The van der Waals surface area contributed by atoms with Crippen LogP contribution in [0.4, 0.5) is 5.82 Å². The Kier molecular flexibility index (Phi) is 5.12. The fourth-order valence-electron chi connectivity index (χ4n) is 3.73. The third-order valence-electron chi connectivity index (χ3n) is 5.08. The first-order valence-electron chi connectivity index (χ1n) is 9.10. The number of ketones is 1. The zero-order valence-electron chi connectivity index (χ0n) is 13.8. The average Bonchev–Trinajstić information content (AvgIpc) is 3.05. The molecule has 1 saturated carbocycles. The Bertz CT molecular complexity index is 532.